The number of hydrogen-bond acceptors (Lipinski definition) is 5. The number of ether oxygens (including phenoxy) is 1. The number of carbonyl (C=O) groups excluding carboxylic acids is 2. The van der Waals surface area contributed by atoms with Crippen LogP contribution in [0.5, 0.6) is 0 Å². The lowest BCUT2D eigenvalue weighted by molar-refractivity contribution is -0.139. The van der Waals surface area contributed by atoms with Gasteiger partial charge in [-0.2, -0.15) is 11.8 Å². The van der Waals surface area contributed by atoms with Crippen LogP contribution in [0.4, 0.5) is 4.79 Å². The summed E-state index contributed by atoms with van der Waals surface area (Å²) in [4.78, 5) is 39.2. The molecular weight excluding hydrogens is 464 g/mol. The maximum absolute atomic E-state index is 13.3. The first-order chi connectivity index (χ1) is 17.0. The van der Waals surface area contributed by atoms with Crippen molar-refractivity contribution in [1.29, 1.82) is 0 Å². The molecule has 1 heterocycles. The first-order valence-corrected chi connectivity index (χ1v) is 13.5. The quantitative estimate of drug-likeness (QED) is 0.579. The second kappa shape index (κ2) is 9.93. The number of nitrogens with one attached hydrogen (secondary N) is 1. The number of aliphatic carboxylic acids is 1. The molecule has 2 aliphatic carbocycles. The third-order valence-corrected chi connectivity index (χ3v) is 8.28. The number of carboxylic acids is 1. The van der Waals surface area contributed by atoms with E-state index < -0.39 is 18.1 Å². The van der Waals surface area contributed by atoms with Gasteiger partial charge in [0, 0.05) is 19.0 Å². The summed E-state index contributed by atoms with van der Waals surface area (Å²) in [5, 5.41) is 12.1. The highest BCUT2D eigenvalue weighted by Crippen LogP contribution is 2.51. The zero-order valence-electron chi connectivity index (χ0n) is 19.7. The summed E-state index contributed by atoms with van der Waals surface area (Å²) in [6, 6.07) is 15.6. The third-order valence-electron chi connectivity index (χ3n) is 7.64. The molecule has 0 aromatic heterocycles. The number of benzene rings is 2. The molecule has 2 N–H and O–H groups in total. The van der Waals surface area contributed by atoms with Gasteiger partial charge in [0.25, 0.3) is 0 Å². The van der Waals surface area contributed by atoms with Crippen LogP contribution in [0, 0.1) is 17.8 Å². The highest BCUT2D eigenvalue weighted by Gasteiger charge is 2.57. The van der Waals surface area contributed by atoms with E-state index in [2.05, 4.69) is 29.6 Å². The maximum Gasteiger partial charge on any atom is 0.407 e. The minimum atomic E-state index is -0.773. The summed E-state index contributed by atoms with van der Waals surface area (Å²) in [5.74, 6) is -0.385. The lowest BCUT2D eigenvalue weighted by Crippen LogP contribution is -2.50. The van der Waals surface area contributed by atoms with Gasteiger partial charge in [-0.25, -0.2) is 4.79 Å². The van der Waals surface area contributed by atoms with E-state index in [0.717, 1.165) is 28.0 Å². The summed E-state index contributed by atoms with van der Waals surface area (Å²) in [7, 11) is 0. The van der Waals surface area contributed by atoms with Gasteiger partial charge >= 0.3 is 12.1 Å². The number of alkyl carbamates (subject to hydrolysis) is 1. The van der Waals surface area contributed by atoms with E-state index in [0.29, 0.717) is 25.9 Å². The highest BCUT2D eigenvalue weighted by molar-refractivity contribution is 7.98. The third kappa shape index (κ3) is 4.63. The smallest absolute Gasteiger partial charge is 0.407 e. The molecule has 8 heteroatoms. The molecule has 7 nitrogen and oxygen atoms in total. The molecule has 1 aliphatic heterocycles. The molecule has 4 atom stereocenters. The molecule has 0 spiro atoms. The fraction of sp³-hybridized carbons (Fsp3) is 0.444. The van der Waals surface area contributed by atoms with E-state index in [1.54, 1.807) is 16.7 Å². The largest absolute Gasteiger partial charge is 0.481 e. The molecule has 5 rings (SSSR count). The van der Waals surface area contributed by atoms with Crippen molar-refractivity contribution in [2.24, 2.45) is 17.8 Å². The molecule has 0 radical (unpaired) electrons. The summed E-state index contributed by atoms with van der Waals surface area (Å²) >= 11 is 1.61. The maximum atomic E-state index is 13.3. The van der Waals surface area contributed by atoms with Gasteiger partial charge in [-0.05, 0) is 58.9 Å². The van der Waals surface area contributed by atoms with Crippen molar-refractivity contribution >= 4 is 29.7 Å². The number of carbonyl (C=O) groups is 3. The van der Waals surface area contributed by atoms with Crippen LogP contribution in [0.2, 0.25) is 0 Å². The van der Waals surface area contributed by atoms with Crippen molar-refractivity contribution in [2.45, 2.75) is 24.8 Å². The first-order valence-electron chi connectivity index (χ1n) is 12.1. The SMILES string of the molecule is CSCC[C@H](NC(=O)OCC1c2ccccc2-c2ccccc21)C(=O)N1CC[C@@H]2C(C(=O)O)[C@@H]2C1. The Morgan fingerprint density at radius 3 is 2.37 bits per heavy atom. The number of thioether (sulfide) groups is 1. The van der Waals surface area contributed by atoms with E-state index >= 15 is 0 Å². The Bertz CT molecular complexity index is 1090. The highest BCUT2D eigenvalue weighted by atomic mass is 32.2. The van der Waals surface area contributed by atoms with Gasteiger partial charge in [-0.3, -0.25) is 9.59 Å². The fourth-order valence-electron chi connectivity index (χ4n) is 5.80. The predicted molar refractivity (Wildman–Crippen MR) is 134 cm³/mol. The Morgan fingerprint density at radius 1 is 1.09 bits per heavy atom. The average Bonchev–Trinajstić information content (AvgIpc) is 3.52. The van der Waals surface area contributed by atoms with Gasteiger partial charge in [0.15, 0.2) is 0 Å². The van der Waals surface area contributed by atoms with Crippen molar-refractivity contribution in [3.05, 3.63) is 59.7 Å². The van der Waals surface area contributed by atoms with Crippen molar-refractivity contribution in [3.8, 4) is 11.1 Å². The molecule has 2 aromatic carbocycles. The molecule has 35 heavy (non-hydrogen) atoms. The molecule has 184 valence electrons. The molecule has 2 fully saturated rings. The Kier molecular flexibility index (Phi) is 6.73. The van der Waals surface area contributed by atoms with Gasteiger partial charge in [-0.15, -0.1) is 0 Å². The molecule has 2 aromatic rings. The lowest BCUT2D eigenvalue weighted by Gasteiger charge is -2.30. The molecule has 1 saturated heterocycles. The van der Waals surface area contributed by atoms with Crippen LogP contribution in [0.3, 0.4) is 0 Å². The Morgan fingerprint density at radius 2 is 1.74 bits per heavy atom. The molecular formula is C27H30N2O5S. The summed E-state index contributed by atoms with van der Waals surface area (Å²) in [6.45, 7) is 1.17. The predicted octanol–water partition coefficient (Wildman–Crippen LogP) is 3.83. The molecule has 3 aliphatic rings. The van der Waals surface area contributed by atoms with Gasteiger partial charge in [0.1, 0.15) is 12.6 Å². The summed E-state index contributed by atoms with van der Waals surface area (Å²) in [6.07, 6.45) is 2.56. The molecule has 1 saturated carbocycles. The topological polar surface area (TPSA) is 95.9 Å². The van der Waals surface area contributed by atoms with Crippen molar-refractivity contribution in [3.63, 3.8) is 0 Å². The van der Waals surface area contributed by atoms with E-state index in [1.165, 1.54) is 0 Å². The van der Waals surface area contributed by atoms with Crippen LogP contribution < -0.4 is 5.32 Å². The number of hydrogen-bond donors (Lipinski definition) is 2. The summed E-state index contributed by atoms with van der Waals surface area (Å²) in [5.41, 5.74) is 4.59. The molecule has 1 unspecified atom stereocenters. The Labute approximate surface area is 209 Å². The zero-order valence-corrected chi connectivity index (χ0v) is 20.5. The Hall–Kier alpha value is -3.00. The van der Waals surface area contributed by atoms with Crippen molar-refractivity contribution in [1.82, 2.24) is 10.2 Å². The zero-order chi connectivity index (χ0) is 24.5. The van der Waals surface area contributed by atoms with Crippen LogP contribution >= 0.6 is 11.8 Å². The second-order valence-electron chi connectivity index (χ2n) is 9.57. The van der Waals surface area contributed by atoms with E-state index in [4.69, 9.17) is 4.74 Å². The van der Waals surface area contributed by atoms with E-state index in [1.807, 2.05) is 30.5 Å². The van der Waals surface area contributed by atoms with E-state index in [-0.39, 0.29) is 36.2 Å². The lowest BCUT2D eigenvalue weighted by atomic mass is 9.98. The standard InChI is InChI=1S/C27H30N2O5S/c1-35-13-11-23(25(30)29-12-10-20-21(14-29)24(20)26(31)32)28-27(33)34-15-22-18-8-4-2-6-16(18)17-7-3-5-9-19(17)22/h2-9,20-24H,10-15H2,1H3,(H,28,33)(H,31,32)/t20-,21+,23-,24?/m0/s1. The van der Waals surface area contributed by atoms with Gasteiger partial charge in [0.2, 0.25) is 5.91 Å². The minimum Gasteiger partial charge on any atom is -0.481 e. The number of nitrogens with zero attached hydrogens (tertiary/aromatic N) is 1. The van der Waals surface area contributed by atoms with Crippen LogP contribution in [0.1, 0.15) is 29.9 Å². The van der Waals surface area contributed by atoms with Crippen LogP contribution in [-0.4, -0.2) is 65.7 Å². The number of amides is 2. The van der Waals surface area contributed by atoms with Crippen LogP contribution in [-0.2, 0) is 14.3 Å². The summed E-state index contributed by atoms with van der Waals surface area (Å²) < 4.78 is 5.66. The van der Waals surface area contributed by atoms with Gasteiger partial charge in [-0.1, -0.05) is 48.5 Å². The number of carboxylic acid groups (broad SMARTS) is 1. The van der Waals surface area contributed by atoms with Gasteiger partial charge in [0.05, 0.1) is 5.92 Å². The molecule has 0 bridgehead atoms. The fourth-order valence-corrected chi connectivity index (χ4v) is 6.27. The molecule has 2 amide bonds. The normalized spacial score (nSPS) is 23.0. The van der Waals surface area contributed by atoms with Crippen molar-refractivity contribution in [2.75, 3.05) is 31.7 Å². The average molecular weight is 495 g/mol. The van der Waals surface area contributed by atoms with Gasteiger partial charge < -0.3 is 20.1 Å². The Balaban J connectivity index is 1.22. The number of likely N-dealkylation sites (tertiary alicyclic amines) is 1. The monoisotopic (exact) mass is 494 g/mol. The second-order valence-corrected chi connectivity index (χ2v) is 10.6. The van der Waals surface area contributed by atoms with Crippen LogP contribution in [0.25, 0.3) is 11.1 Å². The number of piperidine rings is 1. The van der Waals surface area contributed by atoms with Crippen LogP contribution in [0.15, 0.2) is 48.5 Å². The number of fused-ring (bicyclic) bond motifs is 4. The number of rotatable bonds is 8. The van der Waals surface area contributed by atoms with E-state index in [9.17, 15) is 19.5 Å². The minimum absolute atomic E-state index is 0.0286. The van der Waals surface area contributed by atoms with Crippen molar-refractivity contribution < 1.29 is 24.2 Å². The first kappa shape index (κ1) is 23.7.